The molecule has 0 aliphatic heterocycles. The third-order valence-electron chi connectivity index (χ3n) is 4.94. The van der Waals surface area contributed by atoms with Crippen molar-refractivity contribution in [1.29, 1.82) is 0 Å². The first-order chi connectivity index (χ1) is 14.6. The lowest BCUT2D eigenvalue weighted by atomic mass is 10.1. The van der Waals surface area contributed by atoms with Gasteiger partial charge in [0.25, 0.3) is 21.6 Å². The van der Waals surface area contributed by atoms with Crippen molar-refractivity contribution in [3.63, 3.8) is 0 Å². The molecule has 0 aliphatic rings. The monoisotopic (exact) mass is 439 g/mol. The molecule has 1 amide bonds. The maximum absolute atomic E-state index is 12.6. The van der Waals surface area contributed by atoms with Crippen molar-refractivity contribution < 1.29 is 18.1 Å². The molecule has 0 aliphatic carbocycles. The Morgan fingerprint density at radius 3 is 2.26 bits per heavy atom. The van der Waals surface area contributed by atoms with Gasteiger partial charge in [-0.25, -0.2) is 8.42 Å². The molecular weight excluding hydrogens is 418 g/mol. The van der Waals surface area contributed by atoms with Crippen molar-refractivity contribution in [3.05, 3.63) is 93.0 Å². The highest BCUT2D eigenvalue weighted by molar-refractivity contribution is 7.92. The van der Waals surface area contributed by atoms with Crippen molar-refractivity contribution >= 4 is 33.0 Å². The first-order valence-electron chi connectivity index (χ1n) is 9.34. The van der Waals surface area contributed by atoms with Crippen LogP contribution in [0.15, 0.2) is 65.6 Å². The minimum absolute atomic E-state index is 0.221. The lowest BCUT2D eigenvalue weighted by Gasteiger charge is -2.11. The van der Waals surface area contributed by atoms with Gasteiger partial charge >= 0.3 is 0 Å². The van der Waals surface area contributed by atoms with Gasteiger partial charge in [0.05, 0.1) is 9.82 Å². The maximum atomic E-state index is 12.6. The van der Waals surface area contributed by atoms with Crippen molar-refractivity contribution in [2.24, 2.45) is 0 Å². The third-order valence-corrected chi connectivity index (χ3v) is 6.32. The normalized spacial score (nSPS) is 11.1. The molecule has 3 rings (SSSR count). The minimum Gasteiger partial charge on any atom is -0.322 e. The van der Waals surface area contributed by atoms with Crippen LogP contribution in [0.2, 0.25) is 0 Å². The van der Waals surface area contributed by atoms with Crippen LogP contribution in [0.3, 0.4) is 0 Å². The summed E-state index contributed by atoms with van der Waals surface area (Å²) in [6.45, 7) is 5.40. The van der Waals surface area contributed by atoms with E-state index in [0.717, 1.165) is 17.2 Å². The Labute approximate surface area is 180 Å². The Morgan fingerprint density at radius 2 is 1.61 bits per heavy atom. The molecular formula is C22H21N3O5S. The highest BCUT2D eigenvalue weighted by Gasteiger charge is 2.20. The lowest BCUT2D eigenvalue weighted by Crippen LogP contribution is -2.15. The molecule has 3 aromatic rings. The van der Waals surface area contributed by atoms with Gasteiger partial charge in [0.15, 0.2) is 0 Å². The van der Waals surface area contributed by atoms with Crippen LogP contribution in [0.1, 0.15) is 27.0 Å². The number of hydrogen-bond donors (Lipinski definition) is 2. The standard InChI is InChI=1S/C22H21N3O5S/c1-14-5-4-6-20(16(14)3)23-22(26)17-8-10-18(11-9-17)24-31(29,30)19-12-7-15(2)21(13-19)25(27)28/h4-13,24H,1-3H3,(H,23,26). The van der Waals surface area contributed by atoms with Crippen LogP contribution in [0.25, 0.3) is 0 Å². The minimum atomic E-state index is -4.03. The van der Waals surface area contributed by atoms with Crippen LogP contribution in [0.5, 0.6) is 0 Å². The summed E-state index contributed by atoms with van der Waals surface area (Å²) in [5, 5.41) is 13.9. The van der Waals surface area contributed by atoms with Crippen molar-refractivity contribution in [2.75, 3.05) is 10.0 Å². The average Bonchev–Trinajstić information content (AvgIpc) is 2.71. The smallest absolute Gasteiger partial charge is 0.273 e. The van der Waals surface area contributed by atoms with Crippen molar-refractivity contribution in [3.8, 4) is 0 Å². The zero-order valence-corrected chi connectivity index (χ0v) is 18.0. The zero-order chi connectivity index (χ0) is 22.8. The Kier molecular flexibility index (Phi) is 6.07. The molecule has 2 N–H and O–H groups in total. The quantitative estimate of drug-likeness (QED) is 0.431. The highest BCUT2D eigenvalue weighted by atomic mass is 32.2. The number of nitro groups is 1. The Hall–Kier alpha value is -3.72. The van der Waals surface area contributed by atoms with E-state index < -0.39 is 14.9 Å². The van der Waals surface area contributed by atoms with Gasteiger partial charge in [0, 0.05) is 28.6 Å². The van der Waals surface area contributed by atoms with Gasteiger partial charge in [-0.2, -0.15) is 0 Å². The van der Waals surface area contributed by atoms with Crippen molar-refractivity contribution in [2.45, 2.75) is 25.7 Å². The predicted molar refractivity (Wildman–Crippen MR) is 119 cm³/mol. The molecule has 0 saturated carbocycles. The molecule has 0 radical (unpaired) electrons. The summed E-state index contributed by atoms with van der Waals surface area (Å²) in [7, 11) is -4.03. The number of aryl methyl sites for hydroxylation is 2. The van der Waals surface area contributed by atoms with E-state index in [1.54, 1.807) is 0 Å². The number of benzene rings is 3. The molecule has 0 unspecified atom stereocenters. The number of hydrogen-bond acceptors (Lipinski definition) is 5. The summed E-state index contributed by atoms with van der Waals surface area (Å²) in [6, 6.07) is 15.2. The summed E-state index contributed by atoms with van der Waals surface area (Å²) < 4.78 is 27.6. The van der Waals surface area contributed by atoms with E-state index in [9.17, 15) is 23.3 Å². The predicted octanol–water partition coefficient (Wildman–Crippen LogP) is 4.57. The second-order valence-electron chi connectivity index (χ2n) is 7.09. The number of amides is 1. The molecule has 3 aromatic carbocycles. The second kappa shape index (κ2) is 8.57. The molecule has 0 bridgehead atoms. The molecule has 0 saturated heterocycles. The molecule has 0 spiro atoms. The van der Waals surface area contributed by atoms with E-state index in [-0.39, 0.29) is 22.2 Å². The summed E-state index contributed by atoms with van der Waals surface area (Å²) in [6.07, 6.45) is 0. The van der Waals surface area contributed by atoms with E-state index in [2.05, 4.69) is 10.0 Å². The molecule has 31 heavy (non-hydrogen) atoms. The van der Waals surface area contributed by atoms with E-state index in [0.29, 0.717) is 16.8 Å². The largest absolute Gasteiger partial charge is 0.322 e. The fourth-order valence-electron chi connectivity index (χ4n) is 2.94. The Balaban J connectivity index is 1.77. The van der Waals surface area contributed by atoms with E-state index in [1.807, 2.05) is 32.0 Å². The second-order valence-corrected chi connectivity index (χ2v) is 8.77. The van der Waals surface area contributed by atoms with E-state index in [1.165, 1.54) is 43.3 Å². The summed E-state index contributed by atoms with van der Waals surface area (Å²) in [4.78, 5) is 22.8. The van der Waals surface area contributed by atoms with Gasteiger partial charge in [-0.15, -0.1) is 0 Å². The number of sulfonamides is 1. The van der Waals surface area contributed by atoms with Crippen molar-refractivity contribution in [1.82, 2.24) is 0 Å². The van der Waals surface area contributed by atoms with Gasteiger partial charge < -0.3 is 5.32 Å². The molecule has 8 nitrogen and oxygen atoms in total. The summed E-state index contributed by atoms with van der Waals surface area (Å²) in [5.41, 5.74) is 3.40. The molecule has 0 atom stereocenters. The van der Waals surface area contributed by atoms with Gasteiger partial charge in [0.1, 0.15) is 0 Å². The molecule has 9 heteroatoms. The van der Waals surface area contributed by atoms with E-state index in [4.69, 9.17) is 0 Å². The average molecular weight is 439 g/mol. The first kappa shape index (κ1) is 22.0. The Bertz CT molecular complexity index is 1270. The topological polar surface area (TPSA) is 118 Å². The van der Waals surface area contributed by atoms with Gasteiger partial charge in [-0.1, -0.05) is 18.2 Å². The summed E-state index contributed by atoms with van der Waals surface area (Å²) >= 11 is 0. The number of rotatable bonds is 6. The van der Waals surface area contributed by atoms with Crippen LogP contribution < -0.4 is 10.0 Å². The number of anilines is 2. The highest BCUT2D eigenvalue weighted by Crippen LogP contribution is 2.24. The zero-order valence-electron chi connectivity index (χ0n) is 17.2. The number of nitro benzene ring substituents is 1. The number of carbonyl (C=O) groups is 1. The molecule has 0 heterocycles. The first-order valence-corrected chi connectivity index (χ1v) is 10.8. The maximum Gasteiger partial charge on any atom is 0.273 e. The van der Waals surface area contributed by atoms with Gasteiger partial charge in [0.2, 0.25) is 0 Å². The number of nitrogens with one attached hydrogen (secondary N) is 2. The van der Waals surface area contributed by atoms with Crippen LogP contribution in [0, 0.1) is 30.9 Å². The van der Waals surface area contributed by atoms with Gasteiger partial charge in [-0.05, 0) is 68.3 Å². The Morgan fingerprint density at radius 1 is 0.935 bits per heavy atom. The molecule has 0 fully saturated rings. The van der Waals surface area contributed by atoms with E-state index >= 15 is 0 Å². The van der Waals surface area contributed by atoms with Crippen LogP contribution >= 0.6 is 0 Å². The van der Waals surface area contributed by atoms with Gasteiger partial charge in [-0.3, -0.25) is 19.6 Å². The SMILES string of the molecule is Cc1ccc(S(=O)(=O)Nc2ccc(C(=O)Nc3cccc(C)c3C)cc2)cc1[N+](=O)[O-]. The molecule has 160 valence electrons. The summed E-state index contributed by atoms with van der Waals surface area (Å²) in [5.74, 6) is -0.322. The van der Waals surface area contributed by atoms with Crippen LogP contribution in [0.4, 0.5) is 17.1 Å². The fraction of sp³-hybridized carbons (Fsp3) is 0.136. The third kappa shape index (κ3) is 4.89. The lowest BCUT2D eigenvalue weighted by molar-refractivity contribution is -0.385. The molecule has 0 aromatic heterocycles. The van der Waals surface area contributed by atoms with Crippen LogP contribution in [-0.4, -0.2) is 19.2 Å². The van der Waals surface area contributed by atoms with Crippen LogP contribution in [-0.2, 0) is 10.0 Å². The fourth-order valence-corrected chi connectivity index (χ4v) is 4.02. The number of carbonyl (C=O) groups excluding carboxylic acids is 1. The number of nitrogens with zero attached hydrogens (tertiary/aromatic N) is 1.